The third-order valence-corrected chi connectivity index (χ3v) is 5.98. The number of pyridine rings is 1. The predicted octanol–water partition coefficient (Wildman–Crippen LogP) is 2.55. The van der Waals surface area contributed by atoms with E-state index in [1.54, 1.807) is 47.5 Å². The largest absolute Gasteiger partial charge is 0.366 e. The van der Waals surface area contributed by atoms with Crippen molar-refractivity contribution in [3.05, 3.63) is 78.3 Å². The Labute approximate surface area is 211 Å². The summed E-state index contributed by atoms with van der Waals surface area (Å²) in [7, 11) is 0. The van der Waals surface area contributed by atoms with Gasteiger partial charge in [0.25, 0.3) is 5.91 Å². The Balaban J connectivity index is 1.13. The molecule has 0 spiro atoms. The molecule has 1 aliphatic rings. The smallest absolute Gasteiger partial charge is 0.253 e. The van der Waals surface area contributed by atoms with Crippen molar-refractivity contribution in [3.8, 4) is 11.3 Å². The molecule has 11 nitrogen and oxygen atoms in total. The number of carbonyl (C=O) groups is 2. The van der Waals surface area contributed by atoms with E-state index in [0.717, 1.165) is 0 Å². The van der Waals surface area contributed by atoms with Crippen LogP contribution in [-0.2, 0) is 11.3 Å². The SMILES string of the molecule is O=C(NCC(=O)N1CCN(c2ccc(-c3cc(CNc4ccon4)on3)cc2F)CC1)c1cccnc1. The third-order valence-electron chi connectivity index (χ3n) is 5.98. The van der Waals surface area contributed by atoms with E-state index in [2.05, 4.69) is 25.9 Å². The average Bonchev–Trinajstić information content (AvgIpc) is 3.63. The van der Waals surface area contributed by atoms with Crippen LogP contribution in [0.1, 0.15) is 16.1 Å². The number of nitrogens with one attached hydrogen (secondary N) is 2. The lowest BCUT2D eigenvalue weighted by Crippen LogP contribution is -2.51. The summed E-state index contributed by atoms with van der Waals surface area (Å²) >= 11 is 0. The van der Waals surface area contributed by atoms with E-state index in [4.69, 9.17) is 9.05 Å². The number of anilines is 2. The Morgan fingerprint density at radius 3 is 2.65 bits per heavy atom. The molecule has 0 radical (unpaired) electrons. The molecule has 12 heteroatoms. The first kappa shape index (κ1) is 24.0. The fraction of sp³-hybridized carbons (Fsp3) is 0.240. The highest BCUT2D eigenvalue weighted by Crippen LogP contribution is 2.27. The highest BCUT2D eigenvalue weighted by molar-refractivity contribution is 5.96. The molecule has 4 heterocycles. The summed E-state index contributed by atoms with van der Waals surface area (Å²) in [5, 5.41) is 13.4. The third kappa shape index (κ3) is 5.74. The van der Waals surface area contributed by atoms with Gasteiger partial charge in [-0.3, -0.25) is 14.6 Å². The first-order valence-electron chi connectivity index (χ1n) is 11.7. The van der Waals surface area contributed by atoms with Gasteiger partial charge in [-0.25, -0.2) is 4.39 Å². The molecule has 0 bridgehead atoms. The lowest BCUT2D eigenvalue weighted by Gasteiger charge is -2.36. The molecule has 37 heavy (non-hydrogen) atoms. The van der Waals surface area contributed by atoms with Gasteiger partial charge >= 0.3 is 0 Å². The molecule has 2 N–H and O–H groups in total. The second kappa shape index (κ2) is 10.9. The van der Waals surface area contributed by atoms with Crippen molar-refractivity contribution in [2.45, 2.75) is 6.54 Å². The molecule has 1 fully saturated rings. The zero-order valence-corrected chi connectivity index (χ0v) is 19.8. The minimum atomic E-state index is -0.383. The summed E-state index contributed by atoms with van der Waals surface area (Å²) in [6, 6.07) is 11.6. The van der Waals surface area contributed by atoms with Crippen LogP contribution >= 0.6 is 0 Å². The highest BCUT2D eigenvalue weighted by atomic mass is 19.1. The quantitative estimate of drug-likeness (QED) is 0.371. The number of piperazine rings is 1. The van der Waals surface area contributed by atoms with Gasteiger partial charge in [0.1, 0.15) is 17.8 Å². The van der Waals surface area contributed by atoms with Crippen molar-refractivity contribution in [3.63, 3.8) is 0 Å². The van der Waals surface area contributed by atoms with Gasteiger partial charge in [-0.15, -0.1) is 0 Å². The van der Waals surface area contributed by atoms with Gasteiger partial charge in [0.05, 0.1) is 24.3 Å². The lowest BCUT2D eigenvalue weighted by molar-refractivity contribution is -0.130. The first-order chi connectivity index (χ1) is 18.1. The van der Waals surface area contributed by atoms with Crippen LogP contribution in [-0.4, -0.2) is 64.7 Å². The fourth-order valence-corrected chi connectivity index (χ4v) is 4.00. The lowest BCUT2D eigenvalue weighted by atomic mass is 10.1. The Bertz CT molecular complexity index is 1350. The van der Waals surface area contributed by atoms with Gasteiger partial charge in [0.2, 0.25) is 5.91 Å². The van der Waals surface area contributed by atoms with E-state index in [0.29, 0.717) is 66.8 Å². The molecule has 2 amide bonds. The number of carbonyl (C=O) groups excluding carboxylic acids is 2. The molecule has 3 aromatic heterocycles. The Hall–Kier alpha value is -4.74. The van der Waals surface area contributed by atoms with Gasteiger partial charge in [0, 0.05) is 56.3 Å². The molecule has 5 rings (SSSR count). The first-order valence-corrected chi connectivity index (χ1v) is 11.7. The van der Waals surface area contributed by atoms with E-state index in [-0.39, 0.29) is 24.2 Å². The van der Waals surface area contributed by atoms with E-state index in [9.17, 15) is 9.59 Å². The van der Waals surface area contributed by atoms with Gasteiger partial charge in [-0.2, -0.15) is 0 Å². The maximum absolute atomic E-state index is 15.0. The standard InChI is InChI=1S/C25H24FN7O4/c26-20-12-17(21-13-19(37-30-21)15-28-23-5-11-36-31-23)3-4-22(20)32-7-9-33(10-8-32)24(34)16-29-25(35)18-2-1-6-27-14-18/h1-6,11-14H,7-10,15-16H2,(H,28,31)(H,29,35). The van der Waals surface area contributed by atoms with E-state index in [1.165, 1.54) is 18.5 Å². The predicted molar refractivity (Wildman–Crippen MR) is 131 cm³/mol. The van der Waals surface area contributed by atoms with Crippen molar-refractivity contribution < 1.29 is 23.0 Å². The fourth-order valence-electron chi connectivity index (χ4n) is 4.00. The van der Waals surface area contributed by atoms with Crippen LogP contribution in [0, 0.1) is 5.82 Å². The number of rotatable bonds is 8. The second-order valence-electron chi connectivity index (χ2n) is 8.38. The van der Waals surface area contributed by atoms with Gasteiger partial charge < -0.3 is 29.5 Å². The average molecular weight is 506 g/mol. The summed E-state index contributed by atoms with van der Waals surface area (Å²) in [5.74, 6) is 0.219. The van der Waals surface area contributed by atoms with E-state index < -0.39 is 0 Å². The van der Waals surface area contributed by atoms with Crippen molar-refractivity contribution in [2.24, 2.45) is 0 Å². The molecule has 0 saturated carbocycles. The summed E-state index contributed by atoms with van der Waals surface area (Å²) in [6.45, 7) is 2.05. The summed E-state index contributed by atoms with van der Waals surface area (Å²) < 4.78 is 25.1. The van der Waals surface area contributed by atoms with Crippen LogP contribution in [0.2, 0.25) is 0 Å². The number of hydrogen-bond acceptors (Lipinski definition) is 9. The summed E-state index contributed by atoms with van der Waals surface area (Å²) in [4.78, 5) is 32.1. The summed E-state index contributed by atoms with van der Waals surface area (Å²) in [6.07, 6.45) is 4.47. The van der Waals surface area contributed by atoms with Gasteiger partial charge in [-0.05, 0) is 24.3 Å². The van der Waals surface area contributed by atoms with Crippen LogP contribution in [0.3, 0.4) is 0 Å². The van der Waals surface area contributed by atoms with Crippen molar-refractivity contribution in [2.75, 3.05) is 42.9 Å². The van der Waals surface area contributed by atoms with Crippen LogP contribution in [0.15, 0.2) is 70.2 Å². The molecule has 190 valence electrons. The van der Waals surface area contributed by atoms with Gasteiger partial charge in [-0.1, -0.05) is 16.4 Å². The number of nitrogens with zero attached hydrogens (tertiary/aromatic N) is 5. The Kier molecular flexibility index (Phi) is 7.06. The monoisotopic (exact) mass is 505 g/mol. The maximum Gasteiger partial charge on any atom is 0.253 e. The Morgan fingerprint density at radius 1 is 1.05 bits per heavy atom. The van der Waals surface area contributed by atoms with Gasteiger partial charge in [0.15, 0.2) is 11.6 Å². The van der Waals surface area contributed by atoms with Crippen molar-refractivity contribution in [1.82, 2.24) is 25.5 Å². The zero-order valence-electron chi connectivity index (χ0n) is 19.8. The molecule has 1 aromatic carbocycles. The second-order valence-corrected chi connectivity index (χ2v) is 8.38. The number of halogens is 1. The molecular formula is C25H24FN7O4. The number of hydrogen-bond donors (Lipinski definition) is 2. The van der Waals surface area contributed by atoms with Crippen LogP contribution in [0.5, 0.6) is 0 Å². The number of benzene rings is 1. The van der Waals surface area contributed by atoms with E-state index in [1.807, 2.05) is 4.90 Å². The van der Waals surface area contributed by atoms with Crippen molar-refractivity contribution >= 4 is 23.3 Å². The van der Waals surface area contributed by atoms with Crippen LogP contribution in [0.25, 0.3) is 11.3 Å². The molecular weight excluding hydrogens is 481 g/mol. The Morgan fingerprint density at radius 2 is 1.92 bits per heavy atom. The molecule has 1 saturated heterocycles. The topological polar surface area (TPSA) is 130 Å². The molecule has 0 unspecified atom stereocenters. The molecule has 0 aliphatic carbocycles. The minimum absolute atomic E-state index is 0.107. The van der Waals surface area contributed by atoms with Crippen molar-refractivity contribution in [1.29, 1.82) is 0 Å². The maximum atomic E-state index is 15.0. The summed E-state index contributed by atoms with van der Waals surface area (Å²) in [5.41, 5.74) is 1.96. The van der Waals surface area contributed by atoms with Crippen LogP contribution in [0.4, 0.5) is 15.9 Å². The molecule has 0 atom stereocenters. The molecule has 1 aliphatic heterocycles. The molecule has 4 aromatic rings. The van der Waals surface area contributed by atoms with Crippen LogP contribution < -0.4 is 15.5 Å². The highest BCUT2D eigenvalue weighted by Gasteiger charge is 2.23. The van der Waals surface area contributed by atoms with E-state index >= 15 is 4.39 Å². The number of amides is 2. The zero-order chi connectivity index (χ0) is 25.6. The normalized spacial score (nSPS) is 13.4. The number of aromatic nitrogens is 3. The minimum Gasteiger partial charge on any atom is -0.366 e.